The Morgan fingerprint density at radius 1 is 1.23 bits per heavy atom. The summed E-state index contributed by atoms with van der Waals surface area (Å²) in [5.41, 5.74) is 0. The zero-order chi connectivity index (χ0) is 18.7. The van der Waals surface area contributed by atoms with E-state index >= 15 is 0 Å². The molecule has 4 nitrogen and oxygen atoms in total. The molecule has 5 heteroatoms. The molecule has 1 aliphatic carbocycles. The second kappa shape index (κ2) is 8.60. The lowest BCUT2D eigenvalue weighted by molar-refractivity contribution is -0.127. The smallest absolute Gasteiger partial charge is 0.223 e. The SMILES string of the molecule is CC(C)[C@@H]1CC[C@@H](C)C[C@@H]1NC(=O)C1CCN(c2ccc(Cl)cn2)CC1. The highest BCUT2D eigenvalue weighted by atomic mass is 35.5. The van der Waals surface area contributed by atoms with E-state index in [9.17, 15) is 4.79 Å². The van der Waals surface area contributed by atoms with E-state index < -0.39 is 0 Å². The van der Waals surface area contributed by atoms with Gasteiger partial charge in [-0.3, -0.25) is 4.79 Å². The molecule has 1 saturated heterocycles. The largest absolute Gasteiger partial charge is 0.357 e. The molecule has 1 aliphatic heterocycles. The highest BCUT2D eigenvalue weighted by molar-refractivity contribution is 6.30. The maximum absolute atomic E-state index is 12.9. The molecule has 0 bridgehead atoms. The van der Waals surface area contributed by atoms with Crippen LogP contribution in [0.15, 0.2) is 18.3 Å². The molecule has 2 heterocycles. The van der Waals surface area contributed by atoms with E-state index in [1.807, 2.05) is 12.1 Å². The Balaban J connectivity index is 1.53. The second-order valence-electron chi connectivity index (χ2n) is 8.54. The minimum absolute atomic E-state index is 0.128. The normalized spacial score (nSPS) is 27.6. The van der Waals surface area contributed by atoms with Crippen LogP contribution in [0.25, 0.3) is 0 Å². The van der Waals surface area contributed by atoms with Crippen LogP contribution in [0.3, 0.4) is 0 Å². The van der Waals surface area contributed by atoms with Gasteiger partial charge in [0.15, 0.2) is 0 Å². The van der Waals surface area contributed by atoms with Gasteiger partial charge < -0.3 is 10.2 Å². The molecule has 1 aromatic rings. The molecule has 0 aromatic carbocycles. The Kier molecular flexibility index (Phi) is 6.44. The number of aromatic nitrogens is 1. The Bertz CT molecular complexity index is 596. The van der Waals surface area contributed by atoms with Crippen molar-refractivity contribution in [2.24, 2.45) is 23.7 Å². The third-order valence-electron chi connectivity index (χ3n) is 6.25. The van der Waals surface area contributed by atoms with Crippen molar-refractivity contribution in [1.29, 1.82) is 0 Å². The first kappa shape index (κ1) is 19.5. The summed E-state index contributed by atoms with van der Waals surface area (Å²) in [4.78, 5) is 19.5. The van der Waals surface area contributed by atoms with Crippen LogP contribution in [0.1, 0.15) is 52.9 Å². The molecule has 1 amide bonds. The van der Waals surface area contributed by atoms with Crippen LogP contribution in [0.4, 0.5) is 5.82 Å². The summed E-state index contributed by atoms with van der Waals surface area (Å²) in [5.74, 6) is 3.31. The Morgan fingerprint density at radius 2 is 1.96 bits per heavy atom. The van der Waals surface area contributed by atoms with Gasteiger partial charge in [-0.1, -0.05) is 38.8 Å². The predicted octanol–water partition coefficient (Wildman–Crippen LogP) is 4.53. The van der Waals surface area contributed by atoms with Gasteiger partial charge in [-0.2, -0.15) is 0 Å². The number of rotatable bonds is 4. The van der Waals surface area contributed by atoms with Crippen LogP contribution in [0.5, 0.6) is 0 Å². The topological polar surface area (TPSA) is 45.2 Å². The van der Waals surface area contributed by atoms with Crippen molar-refractivity contribution < 1.29 is 4.79 Å². The van der Waals surface area contributed by atoms with Gasteiger partial charge in [-0.15, -0.1) is 0 Å². The Labute approximate surface area is 162 Å². The zero-order valence-electron chi connectivity index (χ0n) is 16.2. The van der Waals surface area contributed by atoms with Gasteiger partial charge in [0.1, 0.15) is 5.82 Å². The summed E-state index contributed by atoms with van der Waals surface area (Å²) in [6.45, 7) is 8.64. The molecule has 3 rings (SSSR count). The fourth-order valence-corrected chi connectivity index (χ4v) is 4.71. The van der Waals surface area contributed by atoms with E-state index in [-0.39, 0.29) is 11.8 Å². The van der Waals surface area contributed by atoms with E-state index in [4.69, 9.17) is 11.6 Å². The molecule has 1 N–H and O–H groups in total. The molecule has 2 aliphatic rings. The maximum atomic E-state index is 12.9. The summed E-state index contributed by atoms with van der Waals surface area (Å²) in [6.07, 6.45) is 7.13. The maximum Gasteiger partial charge on any atom is 0.223 e. The molecule has 3 atom stereocenters. The first-order valence-electron chi connectivity index (χ1n) is 10.1. The Morgan fingerprint density at radius 3 is 2.58 bits per heavy atom. The average molecular weight is 378 g/mol. The number of carbonyl (C=O) groups is 1. The molecule has 0 radical (unpaired) electrons. The van der Waals surface area contributed by atoms with Crippen LogP contribution in [-0.4, -0.2) is 30.0 Å². The number of hydrogen-bond acceptors (Lipinski definition) is 3. The number of carbonyl (C=O) groups excluding carboxylic acids is 1. The van der Waals surface area contributed by atoms with Crippen LogP contribution in [0, 0.1) is 23.7 Å². The molecular weight excluding hydrogens is 346 g/mol. The van der Waals surface area contributed by atoms with E-state index in [1.165, 1.54) is 12.8 Å². The number of pyridine rings is 1. The van der Waals surface area contributed by atoms with Crippen molar-refractivity contribution in [3.8, 4) is 0 Å². The lowest BCUT2D eigenvalue weighted by Gasteiger charge is -2.39. The van der Waals surface area contributed by atoms with Crippen molar-refractivity contribution in [2.75, 3.05) is 18.0 Å². The van der Waals surface area contributed by atoms with Gasteiger partial charge in [0.2, 0.25) is 5.91 Å². The molecule has 144 valence electrons. The summed E-state index contributed by atoms with van der Waals surface area (Å²) < 4.78 is 0. The number of nitrogens with one attached hydrogen (secondary N) is 1. The van der Waals surface area contributed by atoms with Crippen LogP contribution >= 0.6 is 11.6 Å². The molecule has 2 fully saturated rings. The minimum Gasteiger partial charge on any atom is -0.357 e. The van der Waals surface area contributed by atoms with Crippen molar-refractivity contribution in [3.05, 3.63) is 23.4 Å². The van der Waals surface area contributed by atoms with Gasteiger partial charge in [0, 0.05) is 31.2 Å². The quantitative estimate of drug-likeness (QED) is 0.838. The summed E-state index contributed by atoms with van der Waals surface area (Å²) >= 11 is 5.92. The van der Waals surface area contributed by atoms with Gasteiger partial charge in [-0.25, -0.2) is 4.98 Å². The van der Waals surface area contributed by atoms with Crippen molar-refractivity contribution in [1.82, 2.24) is 10.3 Å². The molecule has 26 heavy (non-hydrogen) atoms. The fourth-order valence-electron chi connectivity index (χ4n) is 4.59. The highest BCUT2D eigenvalue weighted by Gasteiger charge is 2.34. The van der Waals surface area contributed by atoms with E-state index in [1.54, 1.807) is 6.20 Å². The Hall–Kier alpha value is -1.29. The van der Waals surface area contributed by atoms with Crippen LogP contribution < -0.4 is 10.2 Å². The molecule has 1 aromatic heterocycles. The zero-order valence-corrected chi connectivity index (χ0v) is 17.0. The number of hydrogen-bond donors (Lipinski definition) is 1. The van der Waals surface area contributed by atoms with Gasteiger partial charge in [0.25, 0.3) is 0 Å². The van der Waals surface area contributed by atoms with E-state index in [0.717, 1.165) is 38.2 Å². The number of halogens is 1. The van der Waals surface area contributed by atoms with Crippen LogP contribution in [0.2, 0.25) is 5.02 Å². The van der Waals surface area contributed by atoms with E-state index in [0.29, 0.717) is 28.8 Å². The summed E-state index contributed by atoms with van der Waals surface area (Å²) in [5, 5.41) is 4.08. The lowest BCUT2D eigenvalue weighted by Crippen LogP contribution is -2.49. The van der Waals surface area contributed by atoms with Gasteiger partial charge in [-0.05, 0) is 55.6 Å². The lowest BCUT2D eigenvalue weighted by atomic mass is 9.74. The first-order chi connectivity index (χ1) is 12.4. The van der Waals surface area contributed by atoms with Crippen molar-refractivity contribution >= 4 is 23.3 Å². The van der Waals surface area contributed by atoms with Crippen LogP contribution in [-0.2, 0) is 4.79 Å². The molecule has 1 saturated carbocycles. The third kappa shape index (κ3) is 4.70. The van der Waals surface area contributed by atoms with Gasteiger partial charge >= 0.3 is 0 Å². The predicted molar refractivity (Wildman–Crippen MR) is 107 cm³/mol. The monoisotopic (exact) mass is 377 g/mol. The summed E-state index contributed by atoms with van der Waals surface area (Å²) in [7, 11) is 0. The molecule has 0 unspecified atom stereocenters. The number of anilines is 1. The van der Waals surface area contributed by atoms with Crippen molar-refractivity contribution in [2.45, 2.75) is 58.9 Å². The van der Waals surface area contributed by atoms with Crippen molar-refractivity contribution in [3.63, 3.8) is 0 Å². The highest BCUT2D eigenvalue weighted by Crippen LogP contribution is 2.34. The second-order valence-corrected chi connectivity index (χ2v) is 8.97. The fraction of sp³-hybridized carbons (Fsp3) is 0.714. The number of nitrogens with zero attached hydrogens (tertiary/aromatic N) is 2. The number of piperidine rings is 1. The third-order valence-corrected chi connectivity index (χ3v) is 6.47. The minimum atomic E-state index is 0.128. The summed E-state index contributed by atoms with van der Waals surface area (Å²) in [6, 6.07) is 4.18. The molecular formula is C21H32ClN3O. The average Bonchev–Trinajstić information content (AvgIpc) is 2.62. The number of amides is 1. The standard InChI is InChI=1S/C21H32ClN3O/c1-14(2)18-6-4-15(3)12-19(18)24-21(26)16-8-10-25(11-9-16)20-7-5-17(22)13-23-20/h5,7,13-16,18-19H,4,6,8-12H2,1-3H3,(H,24,26)/t15-,18+,19+/m1/s1. The first-order valence-corrected chi connectivity index (χ1v) is 10.5. The van der Waals surface area contributed by atoms with E-state index in [2.05, 4.69) is 36.0 Å². The van der Waals surface area contributed by atoms with Gasteiger partial charge in [0.05, 0.1) is 5.02 Å². The molecule has 0 spiro atoms.